The molecule has 0 unspecified atom stereocenters. The Morgan fingerprint density at radius 2 is 1.92 bits per heavy atom. The number of nitrogens with one attached hydrogen (secondary N) is 1. The van der Waals surface area contributed by atoms with Crippen LogP contribution in [0.1, 0.15) is 0 Å². The van der Waals surface area contributed by atoms with Crippen LogP contribution in [0.15, 0.2) is 0 Å². The third kappa shape index (κ3) is 11.8. The van der Waals surface area contributed by atoms with Crippen molar-refractivity contribution in [1.29, 1.82) is 0 Å². The van der Waals surface area contributed by atoms with E-state index in [-0.39, 0.29) is 0 Å². The van der Waals surface area contributed by atoms with Gasteiger partial charge in [-0.15, -0.1) is 4.89 Å². The number of primary sulfonamides is 1. The van der Waals surface area contributed by atoms with Crippen LogP contribution in [-0.2, 0) is 29.5 Å². The van der Waals surface area contributed by atoms with Crippen molar-refractivity contribution in [3.63, 3.8) is 0 Å². The predicted octanol–water partition coefficient (Wildman–Crippen LogP) is -3.00. The summed E-state index contributed by atoms with van der Waals surface area (Å²) in [6, 6.07) is 0. The molecule has 0 radical (unpaired) electrons. The van der Waals surface area contributed by atoms with Crippen LogP contribution < -0.4 is 10.0 Å². The zero-order valence-corrected chi connectivity index (χ0v) is 8.39. The molecule has 0 aliphatic heterocycles. The van der Waals surface area contributed by atoms with Crippen molar-refractivity contribution in [2.24, 2.45) is 5.14 Å². The Morgan fingerprint density at radius 3 is 2.31 bits per heavy atom. The zero-order chi connectivity index (χ0) is 10.5. The smallest absolute Gasteiger partial charge is 0.398 e. The largest absolute Gasteiger partial charge is 0.458 e. The lowest BCUT2D eigenvalue weighted by Crippen LogP contribution is -2.27. The molecule has 0 rings (SSSR count). The summed E-state index contributed by atoms with van der Waals surface area (Å²) in [6.45, 7) is 0. The highest BCUT2D eigenvalue weighted by molar-refractivity contribution is 7.89. The molecule has 0 amide bonds. The van der Waals surface area contributed by atoms with E-state index in [0.29, 0.717) is 0 Å². The molecule has 0 aliphatic carbocycles. The maximum atomic E-state index is 10.4. The maximum Gasteiger partial charge on any atom is 0.458 e. The monoisotopic (exact) mass is 232 g/mol. The Labute approximate surface area is 76.8 Å². The zero-order valence-electron chi connectivity index (χ0n) is 6.76. The van der Waals surface area contributed by atoms with Crippen LogP contribution in [0.5, 0.6) is 0 Å². The van der Waals surface area contributed by atoms with Crippen LogP contribution in [0.2, 0.25) is 0 Å². The van der Waals surface area contributed by atoms with Gasteiger partial charge in [0, 0.05) is 0 Å². The van der Waals surface area contributed by atoms with Gasteiger partial charge in [0.1, 0.15) is 5.94 Å². The Morgan fingerprint density at radius 1 is 1.38 bits per heavy atom. The molecule has 0 fully saturated rings. The van der Waals surface area contributed by atoms with Crippen LogP contribution in [0, 0.1) is 0 Å². The number of hydrogen-bond acceptors (Lipinski definition) is 6. The molecule has 0 saturated carbocycles. The Kier molecular flexibility index (Phi) is 4.81. The van der Waals surface area contributed by atoms with Crippen molar-refractivity contribution >= 4 is 27.7 Å². The fraction of sp³-hybridized carbons (Fsp3) is 1.00. The van der Waals surface area contributed by atoms with Crippen molar-refractivity contribution in [2.45, 2.75) is 0 Å². The molecule has 0 spiro atoms. The van der Waals surface area contributed by atoms with E-state index in [1.807, 2.05) is 0 Å². The Hall–Kier alpha value is -0.195. The molecule has 8 nitrogen and oxygen atoms in total. The molecule has 0 aromatic carbocycles. The summed E-state index contributed by atoms with van der Waals surface area (Å²) in [7, 11) is -7.73. The van der Waals surface area contributed by atoms with E-state index in [9.17, 15) is 16.8 Å². The van der Waals surface area contributed by atoms with Gasteiger partial charge in [-0.25, -0.2) is 22.0 Å². The van der Waals surface area contributed by atoms with E-state index in [2.05, 4.69) is 14.5 Å². The average Bonchev–Trinajstić information content (AvgIpc) is 1.81. The van der Waals surface area contributed by atoms with Crippen LogP contribution >= 0.6 is 0 Å². The van der Waals surface area contributed by atoms with E-state index in [1.54, 1.807) is 4.89 Å². The van der Waals surface area contributed by atoms with Gasteiger partial charge in [-0.2, -0.15) is 0 Å². The van der Waals surface area contributed by atoms with Crippen molar-refractivity contribution in [1.82, 2.24) is 4.89 Å². The highest BCUT2D eigenvalue weighted by Gasteiger charge is 2.05. The van der Waals surface area contributed by atoms with Gasteiger partial charge in [-0.1, -0.05) is 0 Å². The molecule has 0 aromatic heterocycles. The Bertz CT molecular complexity index is 300. The molecule has 0 aliphatic rings. The van der Waals surface area contributed by atoms with Gasteiger partial charge >= 0.3 is 7.69 Å². The molecule has 0 bridgehead atoms. The lowest BCUT2D eigenvalue weighted by atomic mass is 10.4. The fourth-order valence-corrected chi connectivity index (χ4v) is 0.885. The van der Waals surface area contributed by atoms with E-state index in [1.165, 1.54) is 0 Å². The molecule has 11 heteroatoms. The van der Waals surface area contributed by atoms with Gasteiger partial charge in [0.05, 0.1) is 6.26 Å². The molecule has 0 atom stereocenters. The summed E-state index contributed by atoms with van der Waals surface area (Å²) < 4.78 is 49.8. The van der Waals surface area contributed by atoms with E-state index >= 15 is 0 Å². The molecular weight excluding hydrogens is 223 g/mol. The average molecular weight is 232 g/mol. The first-order valence-electron chi connectivity index (χ1n) is 2.87. The Balaban J connectivity index is 3.50. The highest BCUT2D eigenvalue weighted by atomic mass is 32.2. The second-order valence-corrected chi connectivity index (χ2v) is 5.37. The summed E-state index contributed by atoms with van der Waals surface area (Å²) in [4.78, 5) is 1.62. The van der Waals surface area contributed by atoms with Crippen LogP contribution in [-0.4, -0.2) is 36.7 Å². The first kappa shape index (κ1) is 12.8. The van der Waals surface area contributed by atoms with Crippen LogP contribution in [0.3, 0.4) is 0 Å². The first-order valence-corrected chi connectivity index (χ1v) is 6.48. The summed E-state index contributed by atoms with van der Waals surface area (Å²) in [5, 5.41) is 4.56. The third-order valence-electron chi connectivity index (χ3n) is 0.600. The molecule has 3 N–H and O–H groups in total. The first-order chi connectivity index (χ1) is 5.71. The molecule has 78 valence electrons. The topological polar surface area (TPSA) is 125 Å². The third-order valence-corrected chi connectivity index (χ3v) is 1.52. The minimum absolute atomic E-state index is 0.538. The van der Waals surface area contributed by atoms with E-state index < -0.39 is 33.7 Å². The number of sulfonamides is 2. The predicted molar refractivity (Wildman–Crippen MR) is 45.3 cm³/mol. The lowest BCUT2D eigenvalue weighted by molar-refractivity contribution is 0.213. The minimum Gasteiger partial charge on any atom is -0.398 e. The summed E-state index contributed by atoms with van der Waals surface area (Å²) in [6.07, 6.45) is 0.868. The number of hydrogen-bond donors (Lipinski definition) is 2. The van der Waals surface area contributed by atoms with Crippen LogP contribution in [0.25, 0.3) is 0 Å². The fourth-order valence-electron chi connectivity index (χ4n) is 0.323. The molecule has 13 heavy (non-hydrogen) atoms. The van der Waals surface area contributed by atoms with Gasteiger partial charge in [0.2, 0.25) is 20.0 Å². The van der Waals surface area contributed by atoms with E-state index in [4.69, 9.17) is 0 Å². The summed E-state index contributed by atoms with van der Waals surface area (Å²) >= 11 is 0. The molecular formula is C2H9BN2O6S2. The molecule has 0 heterocycles. The number of rotatable bonds is 6. The van der Waals surface area contributed by atoms with Gasteiger partial charge < -0.3 is 9.41 Å². The van der Waals surface area contributed by atoms with Crippen molar-refractivity contribution in [3.05, 3.63) is 0 Å². The SMILES string of the molecule is CS(=O)(=O)NOBOCS(N)(=O)=O. The van der Waals surface area contributed by atoms with Crippen molar-refractivity contribution in [2.75, 3.05) is 12.2 Å². The van der Waals surface area contributed by atoms with Crippen LogP contribution in [0.4, 0.5) is 0 Å². The van der Waals surface area contributed by atoms with Gasteiger partial charge in [-0.05, 0) is 0 Å². The van der Waals surface area contributed by atoms with E-state index in [0.717, 1.165) is 6.26 Å². The minimum atomic E-state index is -3.72. The van der Waals surface area contributed by atoms with Crippen molar-refractivity contribution < 1.29 is 26.2 Å². The second kappa shape index (κ2) is 4.88. The maximum absolute atomic E-state index is 10.4. The summed E-state index contributed by atoms with van der Waals surface area (Å²) in [5.41, 5.74) is 0. The lowest BCUT2D eigenvalue weighted by Gasteiger charge is -2.02. The molecule has 0 aromatic rings. The van der Waals surface area contributed by atoms with Crippen molar-refractivity contribution in [3.8, 4) is 0 Å². The standard InChI is InChI=1S/C2H9BN2O6S2/c1-12(6,7)5-11-3-10-2-13(4,8)9/h3,5H,2H2,1H3,(H2,4,8,9). The molecule has 0 saturated heterocycles. The highest BCUT2D eigenvalue weighted by Crippen LogP contribution is 1.80. The summed E-state index contributed by atoms with van der Waals surface area (Å²) in [5.74, 6) is -0.738. The van der Waals surface area contributed by atoms with Gasteiger partial charge in [0.25, 0.3) is 0 Å². The second-order valence-electron chi connectivity index (χ2n) is 2.10. The number of nitrogens with two attached hydrogens (primary N) is 1. The quantitative estimate of drug-likeness (QED) is 0.285. The normalized spacial score (nSPS) is 12.8. The van der Waals surface area contributed by atoms with Gasteiger partial charge in [0.15, 0.2) is 0 Å². The van der Waals surface area contributed by atoms with Gasteiger partial charge in [-0.3, -0.25) is 0 Å².